The summed E-state index contributed by atoms with van der Waals surface area (Å²) in [5.41, 5.74) is 4.80. The van der Waals surface area contributed by atoms with Crippen LogP contribution in [0.4, 0.5) is 0 Å². The minimum absolute atomic E-state index is 0.112. The number of benzene rings is 1. The summed E-state index contributed by atoms with van der Waals surface area (Å²) < 4.78 is 0. The third-order valence-corrected chi connectivity index (χ3v) is 3.59. The van der Waals surface area contributed by atoms with Crippen LogP contribution in [0.15, 0.2) is 12.1 Å². The van der Waals surface area contributed by atoms with Crippen molar-refractivity contribution in [2.75, 3.05) is 20.1 Å². The summed E-state index contributed by atoms with van der Waals surface area (Å²) in [6, 6.07) is 4.27. The summed E-state index contributed by atoms with van der Waals surface area (Å²) in [6.45, 7) is 7.39. The van der Waals surface area contributed by atoms with Gasteiger partial charge in [-0.25, -0.2) is 0 Å². The highest BCUT2D eigenvalue weighted by molar-refractivity contribution is 6.21. The Morgan fingerprint density at radius 3 is 2.32 bits per heavy atom. The molecule has 1 atom stereocenters. The summed E-state index contributed by atoms with van der Waals surface area (Å²) in [4.78, 5) is 12.5. The number of carbonyl (C=O) groups is 1. The summed E-state index contributed by atoms with van der Waals surface area (Å²) in [6.07, 6.45) is 0.145. The van der Waals surface area contributed by atoms with Crippen LogP contribution in [0.3, 0.4) is 0 Å². The molecule has 1 aromatic carbocycles. The zero-order valence-corrected chi connectivity index (χ0v) is 12.8. The van der Waals surface area contributed by atoms with Gasteiger partial charge in [0.2, 0.25) is 0 Å². The Kier molecular flexibility index (Phi) is 5.83. The maximum atomic E-state index is 10.5. The first-order valence-electron chi connectivity index (χ1n) is 6.43. The molecule has 1 rings (SSSR count). The number of hydrogen-bond acceptors (Lipinski definition) is 2. The molecule has 0 fully saturated rings. The van der Waals surface area contributed by atoms with Crippen molar-refractivity contribution in [1.82, 2.24) is 4.90 Å². The predicted octanol–water partition coefficient (Wildman–Crippen LogP) is 3.30. The van der Waals surface area contributed by atoms with Crippen molar-refractivity contribution in [3.63, 3.8) is 0 Å². The van der Waals surface area contributed by atoms with Crippen LogP contribution in [-0.4, -0.2) is 36.1 Å². The molecule has 0 amide bonds. The van der Waals surface area contributed by atoms with Crippen LogP contribution in [-0.2, 0) is 4.79 Å². The number of carboxylic acids is 1. The van der Waals surface area contributed by atoms with Crippen molar-refractivity contribution in [3.05, 3.63) is 34.4 Å². The molecule has 0 aliphatic carbocycles. The van der Waals surface area contributed by atoms with Crippen molar-refractivity contribution in [1.29, 1.82) is 0 Å². The first kappa shape index (κ1) is 16.0. The lowest BCUT2D eigenvalue weighted by Gasteiger charge is -2.22. The zero-order valence-electron chi connectivity index (χ0n) is 12.0. The second-order valence-electron chi connectivity index (χ2n) is 5.19. The van der Waals surface area contributed by atoms with Crippen molar-refractivity contribution in [2.24, 2.45) is 0 Å². The lowest BCUT2D eigenvalue weighted by Crippen LogP contribution is -2.26. The Morgan fingerprint density at radius 2 is 1.84 bits per heavy atom. The summed E-state index contributed by atoms with van der Waals surface area (Å²) in [7, 11) is 1.90. The van der Waals surface area contributed by atoms with Crippen molar-refractivity contribution in [2.45, 2.75) is 32.6 Å². The highest BCUT2D eigenvalue weighted by Crippen LogP contribution is 2.28. The van der Waals surface area contributed by atoms with Gasteiger partial charge >= 0.3 is 5.97 Å². The molecule has 1 N–H and O–H groups in total. The van der Waals surface area contributed by atoms with Crippen LogP contribution in [0, 0.1) is 20.8 Å². The third kappa shape index (κ3) is 4.84. The Labute approximate surface area is 120 Å². The van der Waals surface area contributed by atoms with Gasteiger partial charge in [0.25, 0.3) is 0 Å². The largest absolute Gasteiger partial charge is 0.481 e. The Balaban J connectivity index is 2.73. The van der Waals surface area contributed by atoms with Crippen LogP contribution < -0.4 is 0 Å². The molecule has 3 nitrogen and oxygen atoms in total. The maximum absolute atomic E-state index is 10.5. The van der Waals surface area contributed by atoms with Gasteiger partial charge in [0.1, 0.15) is 0 Å². The fourth-order valence-corrected chi connectivity index (χ4v) is 3.01. The van der Waals surface area contributed by atoms with Gasteiger partial charge in [-0.2, -0.15) is 0 Å². The van der Waals surface area contributed by atoms with Crippen molar-refractivity contribution in [3.8, 4) is 0 Å². The molecule has 0 bridgehead atoms. The average Bonchev–Trinajstić information content (AvgIpc) is 2.24. The first-order chi connectivity index (χ1) is 8.81. The van der Waals surface area contributed by atoms with Crippen molar-refractivity contribution >= 4 is 17.6 Å². The quantitative estimate of drug-likeness (QED) is 0.815. The highest BCUT2D eigenvalue weighted by Gasteiger charge is 2.16. The maximum Gasteiger partial charge on any atom is 0.304 e. The lowest BCUT2D eigenvalue weighted by molar-refractivity contribution is -0.137. The van der Waals surface area contributed by atoms with Gasteiger partial charge in [-0.05, 0) is 44.5 Å². The third-order valence-electron chi connectivity index (χ3n) is 3.23. The molecule has 0 saturated carbocycles. The standard InChI is InChI=1S/C15H22ClNO2/c1-10-7-11(2)15(12(3)8-10)13(16)9-17(4)6-5-14(18)19/h7-8,13H,5-6,9H2,1-4H3,(H,18,19). The Hall–Kier alpha value is -1.06. The second kappa shape index (κ2) is 6.92. The van der Waals surface area contributed by atoms with E-state index in [-0.39, 0.29) is 11.8 Å². The van der Waals surface area contributed by atoms with E-state index in [4.69, 9.17) is 16.7 Å². The Morgan fingerprint density at radius 1 is 1.32 bits per heavy atom. The number of rotatable bonds is 6. The molecular weight excluding hydrogens is 262 g/mol. The summed E-state index contributed by atoms with van der Waals surface area (Å²) >= 11 is 6.49. The van der Waals surface area contributed by atoms with E-state index >= 15 is 0 Å². The molecule has 0 spiro atoms. The minimum Gasteiger partial charge on any atom is -0.481 e. The van der Waals surface area contributed by atoms with Gasteiger partial charge < -0.3 is 10.0 Å². The molecule has 0 heterocycles. The van der Waals surface area contributed by atoms with Crippen LogP contribution in [0.2, 0.25) is 0 Å². The summed E-state index contributed by atoms with van der Waals surface area (Å²) in [5.74, 6) is -0.777. The Bertz CT molecular complexity index is 436. The molecule has 1 unspecified atom stereocenters. The molecule has 0 aliphatic heterocycles. The van der Waals surface area contributed by atoms with E-state index in [9.17, 15) is 4.79 Å². The number of carboxylic acid groups (broad SMARTS) is 1. The number of alkyl halides is 1. The van der Waals surface area contributed by atoms with E-state index in [1.165, 1.54) is 16.7 Å². The number of nitrogens with zero attached hydrogens (tertiary/aromatic N) is 1. The van der Waals surface area contributed by atoms with Crippen LogP contribution >= 0.6 is 11.6 Å². The van der Waals surface area contributed by atoms with E-state index in [1.807, 2.05) is 11.9 Å². The summed E-state index contributed by atoms with van der Waals surface area (Å²) in [5, 5.41) is 8.56. The number of likely N-dealkylation sites (N-methyl/N-ethyl adjacent to an activating group) is 1. The zero-order chi connectivity index (χ0) is 14.6. The molecule has 0 aromatic heterocycles. The number of aryl methyl sites for hydroxylation is 3. The topological polar surface area (TPSA) is 40.5 Å². The van der Waals surface area contributed by atoms with Crippen molar-refractivity contribution < 1.29 is 9.90 Å². The van der Waals surface area contributed by atoms with Crippen LogP contribution in [0.5, 0.6) is 0 Å². The fraction of sp³-hybridized carbons (Fsp3) is 0.533. The monoisotopic (exact) mass is 283 g/mol. The fourth-order valence-electron chi connectivity index (χ4n) is 2.43. The van der Waals surface area contributed by atoms with E-state index < -0.39 is 5.97 Å². The van der Waals surface area contributed by atoms with E-state index in [2.05, 4.69) is 32.9 Å². The molecule has 4 heteroatoms. The molecule has 19 heavy (non-hydrogen) atoms. The van der Waals surface area contributed by atoms with Crippen LogP contribution in [0.1, 0.15) is 34.1 Å². The van der Waals surface area contributed by atoms with Gasteiger partial charge in [0.15, 0.2) is 0 Å². The normalized spacial score (nSPS) is 12.7. The molecular formula is C15H22ClNO2. The minimum atomic E-state index is -0.777. The number of aliphatic carboxylic acids is 1. The molecule has 0 radical (unpaired) electrons. The highest BCUT2D eigenvalue weighted by atomic mass is 35.5. The SMILES string of the molecule is Cc1cc(C)c(C(Cl)CN(C)CCC(=O)O)c(C)c1. The smallest absolute Gasteiger partial charge is 0.304 e. The average molecular weight is 284 g/mol. The number of halogens is 1. The molecule has 0 saturated heterocycles. The van der Waals surface area contributed by atoms with Gasteiger partial charge in [-0.3, -0.25) is 4.79 Å². The van der Waals surface area contributed by atoms with Gasteiger partial charge in [0, 0.05) is 13.1 Å². The van der Waals surface area contributed by atoms with E-state index in [1.54, 1.807) is 0 Å². The van der Waals surface area contributed by atoms with E-state index in [0.29, 0.717) is 13.1 Å². The lowest BCUT2D eigenvalue weighted by atomic mass is 9.97. The predicted molar refractivity (Wildman–Crippen MR) is 79.0 cm³/mol. The van der Waals surface area contributed by atoms with Gasteiger partial charge in [-0.1, -0.05) is 17.7 Å². The van der Waals surface area contributed by atoms with Gasteiger partial charge in [0.05, 0.1) is 11.8 Å². The number of hydrogen-bond donors (Lipinski definition) is 1. The van der Waals surface area contributed by atoms with Gasteiger partial charge in [-0.15, -0.1) is 11.6 Å². The van der Waals surface area contributed by atoms with Crippen LogP contribution in [0.25, 0.3) is 0 Å². The molecule has 0 aliphatic rings. The molecule has 1 aromatic rings. The second-order valence-corrected chi connectivity index (χ2v) is 5.71. The molecule has 106 valence electrons. The first-order valence-corrected chi connectivity index (χ1v) is 6.87. The van der Waals surface area contributed by atoms with E-state index in [0.717, 1.165) is 5.56 Å².